The van der Waals surface area contributed by atoms with Gasteiger partial charge >= 0.3 is 0 Å². The van der Waals surface area contributed by atoms with Crippen molar-refractivity contribution in [3.8, 4) is 22.4 Å². The number of likely N-dealkylation sites (tertiary alicyclic amines) is 1. The Hall–Kier alpha value is -5.03. The molecule has 5 aromatic rings. The van der Waals surface area contributed by atoms with Crippen LogP contribution >= 0.6 is 11.6 Å². The number of fused-ring (bicyclic) bond motifs is 1. The summed E-state index contributed by atoms with van der Waals surface area (Å²) in [5.74, 6) is 0.270. The molecule has 5 heterocycles. The van der Waals surface area contributed by atoms with Crippen molar-refractivity contribution < 1.29 is 9.59 Å². The lowest BCUT2D eigenvalue weighted by Gasteiger charge is -2.32. The van der Waals surface area contributed by atoms with E-state index in [0.717, 1.165) is 29.5 Å². The molecule has 6 rings (SSSR count). The minimum absolute atomic E-state index is 0.118. The summed E-state index contributed by atoms with van der Waals surface area (Å²) < 4.78 is 3.65. The van der Waals surface area contributed by atoms with Crippen LogP contribution in [-0.2, 0) is 11.8 Å². The first-order chi connectivity index (χ1) is 20.3. The molecule has 1 aliphatic heterocycles. The molecular formula is C30H28ClN9O2. The van der Waals surface area contributed by atoms with Crippen molar-refractivity contribution in [3.05, 3.63) is 84.4 Å². The minimum Gasteiger partial charge on any atom is -0.383 e. The summed E-state index contributed by atoms with van der Waals surface area (Å²) in [7, 11) is 1.85. The maximum Gasteiger partial charge on any atom is 0.256 e. The summed E-state index contributed by atoms with van der Waals surface area (Å²) in [6.07, 6.45) is 9.95. The van der Waals surface area contributed by atoms with Crippen LogP contribution in [0.4, 0.5) is 11.6 Å². The van der Waals surface area contributed by atoms with Gasteiger partial charge in [0.15, 0.2) is 0 Å². The summed E-state index contributed by atoms with van der Waals surface area (Å²) in [4.78, 5) is 35.8. The maximum atomic E-state index is 12.9. The number of halogens is 1. The highest BCUT2D eigenvalue weighted by molar-refractivity contribution is 6.34. The summed E-state index contributed by atoms with van der Waals surface area (Å²) in [5, 5.41) is 13.2. The number of piperidine rings is 1. The minimum atomic E-state index is -0.341. The third kappa shape index (κ3) is 4.99. The number of carbonyl (C=O) groups is 2. The molecule has 1 aliphatic rings. The maximum absolute atomic E-state index is 12.9. The number of pyridine rings is 2. The molecule has 1 fully saturated rings. The van der Waals surface area contributed by atoms with Gasteiger partial charge in [-0.15, -0.1) is 0 Å². The Morgan fingerprint density at radius 3 is 2.74 bits per heavy atom. The first-order valence-electron chi connectivity index (χ1n) is 13.4. The second kappa shape index (κ2) is 11.1. The van der Waals surface area contributed by atoms with Gasteiger partial charge < -0.3 is 16.0 Å². The first kappa shape index (κ1) is 27.2. The Labute approximate surface area is 246 Å². The molecule has 212 valence electrons. The number of hydrogen-bond donors (Lipinski definition) is 2. The van der Waals surface area contributed by atoms with E-state index in [4.69, 9.17) is 22.4 Å². The monoisotopic (exact) mass is 581 g/mol. The van der Waals surface area contributed by atoms with E-state index in [1.165, 1.54) is 6.08 Å². The van der Waals surface area contributed by atoms with Crippen molar-refractivity contribution in [2.24, 2.45) is 7.05 Å². The van der Waals surface area contributed by atoms with E-state index < -0.39 is 0 Å². The van der Waals surface area contributed by atoms with Crippen LogP contribution in [0, 0.1) is 0 Å². The van der Waals surface area contributed by atoms with Crippen molar-refractivity contribution in [3.63, 3.8) is 0 Å². The highest BCUT2D eigenvalue weighted by Crippen LogP contribution is 2.41. The van der Waals surface area contributed by atoms with Gasteiger partial charge in [-0.2, -0.15) is 10.2 Å². The molecule has 3 N–H and O–H groups in total. The van der Waals surface area contributed by atoms with Gasteiger partial charge in [0, 0.05) is 61.0 Å². The largest absolute Gasteiger partial charge is 0.383 e. The molecule has 0 saturated carbocycles. The van der Waals surface area contributed by atoms with Crippen LogP contribution in [-0.4, -0.2) is 59.3 Å². The Morgan fingerprint density at radius 2 is 2.02 bits per heavy atom. The van der Waals surface area contributed by atoms with Gasteiger partial charge in [-0.3, -0.25) is 19.0 Å². The normalized spacial score (nSPS) is 15.1. The molecule has 0 radical (unpaired) electrons. The highest BCUT2D eigenvalue weighted by Gasteiger charge is 2.30. The number of benzene rings is 1. The zero-order valence-electron chi connectivity index (χ0n) is 22.9. The summed E-state index contributed by atoms with van der Waals surface area (Å²) in [6, 6.07) is 10.2. The lowest BCUT2D eigenvalue weighted by atomic mass is 10.0. The van der Waals surface area contributed by atoms with E-state index in [-0.39, 0.29) is 17.9 Å². The van der Waals surface area contributed by atoms with Gasteiger partial charge in [-0.05, 0) is 43.2 Å². The molecule has 2 amide bonds. The fourth-order valence-electron chi connectivity index (χ4n) is 5.38. The zero-order chi connectivity index (χ0) is 29.4. The second-order valence-corrected chi connectivity index (χ2v) is 10.5. The predicted octanol–water partition coefficient (Wildman–Crippen LogP) is 4.73. The molecule has 12 heteroatoms. The van der Waals surface area contributed by atoms with Crippen molar-refractivity contribution in [2.75, 3.05) is 24.1 Å². The number of anilines is 2. The number of nitrogen functional groups attached to an aromatic ring is 1. The standard InChI is InChI=1S/C30H28ClN9O2/c1-3-25(41)39-12-6-7-20(17-39)40-28-22(19-14-35-38(2)16-19)15-34-29(32)26(28)27(37-40)21-10-9-18(13-23(21)31)30(42)36-24-8-4-5-11-33-24/h3-5,8-11,13-16,20H,1,6-7,12,17H2,2H3,(H2,32,34)(H,33,36,42)/t20-/m1/s1. The highest BCUT2D eigenvalue weighted by atomic mass is 35.5. The third-order valence-electron chi connectivity index (χ3n) is 7.39. The number of amides is 2. The third-order valence-corrected chi connectivity index (χ3v) is 7.70. The average Bonchev–Trinajstić information content (AvgIpc) is 3.62. The van der Waals surface area contributed by atoms with Crippen LogP contribution in [0.5, 0.6) is 0 Å². The van der Waals surface area contributed by atoms with Crippen LogP contribution in [0.1, 0.15) is 29.2 Å². The van der Waals surface area contributed by atoms with Gasteiger partial charge in [0.1, 0.15) is 17.3 Å². The van der Waals surface area contributed by atoms with Crippen LogP contribution < -0.4 is 11.1 Å². The molecule has 11 nitrogen and oxygen atoms in total. The van der Waals surface area contributed by atoms with Gasteiger partial charge in [0.2, 0.25) is 5.91 Å². The molecule has 42 heavy (non-hydrogen) atoms. The average molecular weight is 582 g/mol. The van der Waals surface area contributed by atoms with Crippen molar-refractivity contribution in [1.82, 2.24) is 34.4 Å². The van der Waals surface area contributed by atoms with Gasteiger partial charge in [0.05, 0.1) is 28.2 Å². The van der Waals surface area contributed by atoms with E-state index in [1.54, 1.807) is 64.6 Å². The smallest absolute Gasteiger partial charge is 0.256 e. The van der Waals surface area contributed by atoms with Gasteiger partial charge in [-0.25, -0.2) is 9.97 Å². The Kier molecular flexibility index (Phi) is 7.17. The van der Waals surface area contributed by atoms with Crippen molar-refractivity contribution >= 4 is 46.0 Å². The lowest BCUT2D eigenvalue weighted by Crippen LogP contribution is -2.40. The van der Waals surface area contributed by atoms with Crippen molar-refractivity contribution in [1.29, 1.82) is 0 Å². The Bertz CT molecular complexity index is 1830. The van der Waals surface area contributed by atoms with Gasteiger partial charge in [0.25, 0.3) is 5.91 Å². The molecule has 1 atom stereocenters. The molecule has 1 saturated heterocycles. The number of nitrogens with two attached hydrogens (primary N) is 1. The first-order valence-corrected chi connectivity index (χ1v) is 13.8. The zero-order valence-corrected chi connectivity index (χ0v) is 23.6. The fraction of sp³-hybridized carbons (Fsp3) is 0.200. The van der Waals surface area contributed by atoms with Gasteiger partial charge in [-0.1, -0.05) is 30.3 Å². The lowest BCUT2D eigenvalue weighted by molar-refractivity contribution is -0.127. The number of aryl methyl sites for hydroxylation is 1. The number of hydrogen-bond acceptors (Lipinski definition) is 7. The number of nitrogens with zero attached hydrogens (tertiary/aromatic N) is 7. The molecular weight excluding hydrogens is 554 g/mol. The Balaban J connectivity index is 1.48. The second-order valence-electron chi connectivity index (χ2n) is 10.1. The van der Waals surface area contributed by atoms with Crippen LogP contribution in [0.2, 0.25) is 5.02 Å². The molecule has 0 unspecified atom stereocenters. The van der Waals surface area contributed by atoms with E-state index >= 15 is 0 Å². The fourth-order valence-corrected chi connectivity index (χ4v) is 5.65. The number of carbonyl (C=O) groups excluding carboxylic acids is 2. The van der Waals surface area contributed by atoms with Crippen LogP contribution in [0.25, 0.3) is 33.3 Å². The van der Waals surface area contributed by atoms with Crippen LogP contribution in [0.15, 0.2) is 73.8 Å². The van der Waals surface area contributed by atoms with Crippen molar-refractivity contribution in [2.45, 2.75) is 18.9 Å². The molecule has 4 aromatic heterocycles. The van der Waals surface area contributed by atoms with E-state index in [9.17, 15) is 9.59 Å². The molecule has 0 spiro atoms. The quantitative estimate of drug-likeness (QED) is 0.277. The molecule has 1 aromatic carbocycles. The van der Waals surface area contributed by atoms with E-state index in [2.05, 4.69) is 27.0 Å². The SMILES string of the molecule is C=CC(=O)N1CCC[C@@H](n2nc(-c3ccc(C(=O)Nc4ccccn4)cc3Cl)c3c(N)ncc(-c4cnn(C)c4)c32)C1. The van der Waals surface area contributed by atoms with E-state index in [0.29, 0.717) is 52.0 Å². The topological polar surface area (TPSA) is 137 Å². The van der Waals surface area contributed by atoms with E-state index in [1.807, 2.05) is 17.9 Å². The van der Waals surface area contributed by atoms with Crippen LogP contribution in [0.3, 0.4) is 0 Å². The molecule has 0 bridgehead atoms. The summed E-state index contributed by atoms with van der Waals surface area (Å²) >= 11 is 6.82. The number of rotatable bonds is 6. The molecule has 0 aliphatic carbocycles. The Morgan fingerprint density at radius 1 is 1.17 bits per heavy atom. The number of aromatic nitrogens is 6. The summed E-state index contributed by atoms with van der Waals surface area (Å²) in [5.41, 5.74) is 10.5. The number of nitrogens with one attached hydrogen (secondary N) is 1. The summed E-state index contributed by atoms with van der Waals surface area (Å²) in [6.45, 7) is 4.77. The predicted molar refractivity (Wildman–Crippen MR) is 162 cm³/mol.